The van der Waals surface area contributed by atoms with E-state index in [2.05, 4.69) is 6.92 Å². The molecule has 1 amide bonds. The Morgan fingerprint density at radius 1 is 1.04 bits per heavy atom. The molecule has 2 heterocycles. The summed E-state index contributed by atoms with van der Waals surface area (Å²) in [5.41, 5.74) is 1.00. The Morgan fingerprint density at radius 3 is 2.67 bits per heavy atom. The number of para-hydroxylation sites is 2. The molecule has 0 saturated heterocycles. The maximum absolute atomic E-state index is 13.1. The Labute approximate surface area is 158 Å². The molecule has 27 heavy (non-hydrogen) atoms. The molecule has 142 valence electrons. The molecule has 0 spiro atoms. The smallest absolute Gasteiger partial charge is 0.267 e. The van der Waals surface area contributed by atoms with Crippen LogP contribution in [0.15, 0.2) is 42.5 Å². The van der Waals surface area contributed by atoms with Crippen molar-refractivity contribution in [2.45, 2.75) is 32.4 Å². The molecule has 0 aromatic heterocycles. The van der Waals surface area contributed by atoms with E-state index in [1.54, 1.807) is 0 Å². The SMILES string of the molecule is CCCCN(Cc1ccc2c(c1)OCO2)C(=O)[C@@H]1COc2ccccc2O1. The highest BCUT2D eigenvalue weighted by Gasteiger charge is 2.31. The van der Waals surface area contributed by atoms with Gasteiger partial charge in [0.2, 0.25) is 12.9 Å². The van der Waals surface area contributed by atoms with Gasteiger partial charge in [0.05, 0.1) is 0 Å². The minimum absolute atomic E-state index is 0.0596. The molecule has 2 aromatic carbocycles. The van der Waals surface area contributed by atoms with E-state index in [4.69, 9.17) is 18.9 Å². The first-order valence-electron chi connectivity index (χ1n) is 9.30. The highest BCUT2D eigenvalue weighted by Crippen LogP contribution is 2.34. The third-order valence-electron chi connectivity index (χ3n) is 4.69. The Morgan fingerprint density at radius 2 is 1.81 bits per heavy atom. The molecule has 0 N–H and O–H groups in total. The Kier molecular flexibility index (Phi) is 5.05. The van der Waals surface area contributed by atoms with E-state index < -0.39 is 6.10 Å². The van der Waals surface area contributed by atoms with Crippen molar-refractivity contribution in [2.75, 3.05) is 19.9 Å². The molecule has 6 heteroatoms. The molecule has 2 aliphatic heterocycles. The summed E-state index contributed by atoms with van der Waals surface area (Å²) in [5, 5.41) is 0. The second-order valence-corrected chi connectivity index (χ2v) is 6.67. The molecule has 0 fully saturated rings. The van der Waals surface area contributed by atoms with Crippen LogP contribution in [0, 0.1) is 0 Å². The van der Waals surface area contributed by atoms with E-state index >= 15 is 0 Å². The highest BCUT2D eigenvalue weighted by molar-refractivity contribution is 5.82. The maximum atomic E-state index is 13.1. The van der Waals surface area contributed by atoms with Gasteiger partial charge in [-0.2, -0.15) is 0 Å². The standard InChI is InChI=1S/C21H23NO5/c1-2-3-10-22(12-15-8-9-17-19(11-15)26-14-25-17)21(23)20-13-24-16-6-4-5-7-18(16)27-20/h4-9,11,20H,2-3,10,12-14H2,1H3/t20-/m0/s1. The van der Waals surface area contributed by atoms with Crippen LogP contribution in [-0.4, -0.2) is 36.9 Å². The van der Waals surface area contributed by atoms with Gasteiger partial charge in [-0.3, -0.25) is 4.79 Å². The van der Waals surface area contributed by atoms with Crippen molar-refractivity contribution in [3.63, 3.8) is 0 Å². The van der Waals surface area contributed by atoms with Gasteiger partial charge in [0.25, 0.3) is 5.91 Å². The number of hydrogen-bond donors (Lipinski definition) is 0. The molecular weight excluding hydrogens is 346 g/mol. The first-order valence-corrected chi connectivity index (χ1v) is 9.30. The highest BCUT2D eigenvalue weighted by atomic mass is 16.7. The van der Waals surface area contributed by atoms with Gasteiger partial charge < -0.3 is 23.8 Å². The van der Waals surface area contributed by atoms with Crippen molar-refractivity contribution in [2.24, 2.45) is 0 Å². The lowest BCUT2D eigenvalue weighted by atomic mass is 10.1. The van der Waals surface area contributed by atoms with Crippen LogP contribution in [0.4, 0.5) is 0 Å². The number of unbranched alkanes of at least 4 members (excludes halogenated alkanes) is 1. The van der Waals surface area contributed by atoms with E-state index in [0.29, 0.717) is 24.6 Å². The zero-order valence-corrected chi connectivity index (χ0v) is 15.3. The summed E-state index contributed by atoms with van der Waals surface area (Å²) < 4.78 is 22.4. The van der Waals surface area contributed by atoms with Gasteiger partial charge >= 0.3 is 0 Å². The van der Waals surface area contributed by atoms with Crippen LogP contribution in [0.1, 0.15) is 25.3 Å². The van der Waals surface area contributed by atoms with Crippen molar-refractivity contribution in [3.8, 4) is 23.0 Å². The first-order chi connectivity index (χ1) is 13.2. The number of ether oxygens (including phenoxy) is 4. The average molecular weight is 369 g/mol. The number of amides is 1. The van der Waals surface area contributed by atoms with Gasteiger partial charge in [-0.15, -0.1) is 0 Å². The Bertz CT molecular complexity index is 822. The number of nitrogens with zero attached hydrogens (tertiary/aromatic N) is 1. The molecule has 6 nitrogen and oxygen atoms in total. The second kappa shape index (κ2) is 7.78. The van der Waals surface area contributed by atoms with Crippen LogP contribution in [-0.2, 0) is 11.3 Å². The molecule has 0 aliphatic carbocycles. The van der Waals surface area contributed by atoms with E-state index in [0.717, 1.165) is 29.9 Å². The molecule has 0 bridgehead atoms. The van der Waals surface area contributed by atoms with E-state index in [-0.39, 0.29) is 19.3 Å². The molecule has 0 radical (unpaired) electrons. The van der Waals surface area contributed by atoms with E-state index in [1.807, 2.05) is 47.4 Å². The number of fused-ring (bicyclic) bond motifs is 2. The summed E-state index contributed by atoms with van der Waals surface area (Å²) in [7, 11) is 0. The topological polar surface area (TPSA) is 57.2 Å². The monoisotopic (exact) mass is 369 g/mol. The predicted octanol–water partition coefficient (Wildman–Crippen LogP) is 3.38. The lowest BCUT2D eigenvalue weighted by molar-refractivity contribution is -0.142. The average Bonchev–Trinajstić information content (AvgIpc) is 3.18. The first kappa shape index (κ1) is 17.5. The summed E-state index contributed by atoms with van der Waals surface area (Å²) in [4.78, 5) is 15.0. The number of carbonyl (C=O) groups is 1. The van der Waals surface area contributed by atoms with Crippen LogP contribution in [0.25, 0.3) is 0 Å². The summed E-state index contributed by atoms with van der Waals surface area (Å²) in [6.07, 6.45) is 1.31. The van der Waals surface area contributed by atoms with Crippen molar-refractivity contribution >= 4 is 5.91 Å². The molecule has 2 aromatic rings. The second-order valence-electron chi connectivity index (χ2n) is 6.67. The Balaban J connectivity index is 1.49. The van der Waals surface area contributed by atoms with Crippen LogP contribution < -0.4 is 18.9 Å². The molecule has 1 atom stereocenters. The fourth-order valence-corrected chi connectivity index (χ4v) is 3.22. The molecule has 0 unspecified atom stereocenters. The van der Waals surface area contributed by atoms with Crippen LogP contribution in [0.3, 0.4) is 0 Å². The fourth-order valence-electron chi connectivity index (χ4n) is 3.22. The quantitative estimate of drug-likeness (QED) is 0.781. The maximum Gasteiger partial charge on any atom is 0.267 e. The zero-order chi connectivity index (χ0) is 18.6. The van der Waals surface area contributed by atoms with Crippen molar-refractivity contribution in [1.82, 2.24) is 4.90 Å². The normalized spacial score (nSPS) is 16.9. The minimum atomic E-state index is -0.634. The number of hydrogen-bond acceptors (Lipinski definition) is 5. The van der Waals surface area contributed by atoms with Gasteiger partial charge in [0.15, 0.2) is 23.0 Å². The zero-order valence-electron chi connectivity index (χ0n) is 15.3. The molecule has 0 saturated carbocycles. The fraction of sp³-hybridized carbons (Fsp3) is 0.381. The van der Waals surface area contributed by atoms with Gasteiger partial charge in [0, 0.05) is 13.1 Å². The molecular formula is C21H23NO5. The largest absolute Gasteiger partial charge is 0.485 e. The third-order valence-corrected chi connectivity index (χ3v) is 4.69. The van der Waals surface area contributed by atoms with E-state index in [9.17, 15) is 4.79 Å². The predicted molar refractivity (Wildman–Crippen MR) is 99.2 cm³/mol. The van der Waals surface area contributed by atoms with Crippen LogP contribution in [0.5, 0.6) is 23.0 Å². The van der Waals surface area contributed by atoms with E-state index in [1.165, 1.54) is 0 Å². The van der Waals surface area contributed by atoms with Crippen molar-refractivity contribution < 1.29 is 23.7 Å². The number of benzene rings is 2. The van der Waals surface area contributed by atoms with Gasteiger partial charge in [-0.1, -0.05) is 31.5 Å². The van der Waals surface area contributed by atoms with Crippen molar-refractivity contribution in [3.05, 3.63) is 48.0 Å². The van der Waals surface area contributed by atoms with Crippen LogP contribution >= 0.6 is 0 Å². The lowest BCUT2D eigenvalue weighted by Gasteiger charge is -2.31. The third kappa shape index (κ3) is 3.79. The molecule has 4 rings (SSSR count). The summed E-state index contributed by atoms with van der Waals surface area (Å²) in [6, 6.07) is 13.2. The van der Waals surface area contributed by atoms with Crippen molar-refractivity contribution in [1.29, 1.82) is 0 Å². The van der Waals surface area contributed by atoms with Gasteiger partial charge in [-0.25, -0.2) is 0 Å². The minimum Gasteiger partial charge on any atom is -0.485 e. The van der Waals surface area contributed by atoms with Crippen LogP contribution in [0.2, 0.25) is 0 Å². The lowest BCUT2D eigenvalue weighted by Crippen LogP contribution is -2.46. The van der Waals surface area contributed by atoms with Gasteiger partial charge in [0.1, 0.15) is 6.61 Å². The summed E-state index contributed by atoms with van der Waals surface area (Å²) >= 11 is 0. The summed E-state index contributed by atoms with van der Waals surface area (Å²) in [6.45, 7) is 3.74. The van der Waals surface area contributed by atoms with Gasteiger partial charge in [-0.05, 0) is 36.2 Å². The molecule has 2 aliphatic rings. The number of rotatable bonds is 6. The number of carbonyl (C=O) groups excluding carboxylic acids is 1. The Hall–Kier alpha value is -2.89. The summed E-state index contributed by atoms with van der Waals surface area (Å²) in [5.74, 6) is 2.70.